The third kappa shape index (κ3) is 1.84. The number of hydrogen-bond acceptors (Lipinski definition) is 3. The molecule has 2 aliphatic carbocycles. The van der Waals surface area contributed by atoms with E-state index in [4.69, 9.17) is 0 Å². The highest BCUT2D eigenvalue weighted by Crippen LogP contribution is 2.44. The highest BCUT2D eigenvalue weighted by Gasteiger charge is 2.45. The molecular weight excluding hydrogens is 290 g/mol. The first-order valence-electron chi connectivity index (χ1n) is 8.65. The van der Waals surface area contributed by atoms with Gasteiger partial charge in [0.05, 0.1) is 6.20 Å². The molecule has 120 valence electrons. The van der Waals surface area contributed by atoms with Crippen LogP contribution in [0.25, 0.3) is 0 Å². The predicted molar refractivity (Wildman–Crippen MR) is 84.3 cm³/mol. The molecule has 1 atom stereocenters. The number of aromatic nitrogens is 4. The number of nitrogens with zero attached hydrogens (tertiary/aromatic N) is 3. The Morgan fingerprint density at radius 3 is 3.09 bits per heavy atom. The van der Waals surface area contributed by atoms with Gasteiger partial charge in [-0.2, -0.15) is 10.2 Å². The van der Waals surface area contributed by atoms with Crippen molar-refractivity contribution in [3.63, 3.8) is 0 Å². The quantitative estimate of drug-likeness (QED) is 0.842. The van der Waals surface area contributed by atoms with Crippen molar-refractivity contribution in [1.29, 1.82) is 0 Å². The molecule has 1 aliphatic heterocycles. The summed E-state index contributed by atoms with van der Waals surface area (Å²) in [6.07, 6.45) is 9.48. The molecule has 0 saturated carbocycles. The number of rotatable bonds is 1. The van der Waals surface area contributed by atoms with Crippen LogP contribution in [-0.4, -0.2) is 44.3 Å². The first-order chi connectivity index (χ1) is 11.3. The lowest BCUT2D eigenvalue weighted by Gasteiger charge is -2.40. The fraction of sp³-hybridized carbons (Fsp3) is 0.588. The first-order valence-corrected chi connectivity index (χ1v) is 8.65. The molecule has 0 radical (unpaired) electrons. The summed E-state index contributed by atoms with van der Waals surface area (Å²) in [4.78, 5) is 15.1. The van der Waals surface area contributed by atoms with Crippen LogP contribution in [0.5, 0.6) is 0 Å². The van der Waals surface area contributed by atoms with Crippen molar-refractivity contribution >= 4 is 5.91 Å². The second kappa shape index (κ2) is 4.69. The molecule has 2 aromatic heterocycles. The molecule has 1 unspecified atom stereocenters. The zero-order valence-electron chi connectivity index (χ0n) is 13.2. The fourth-order valence-corrected chi connectivity index (χ4v) is 4.82. The number of aromatic amines is 2. The van der Waals surface area contributed by atoms with Crippen LogP contribution in [0.2, 0.25) is 0 Å². The molecule has 2 aromatic rings. The molecule has 3 heterocycles. The molecule has 1 fully saturated rings. The third-order valence-corrected chi connectivity index (χ3v) is 5.99. The average Bonchev–Trinajstić information content (AvgIpc) is 3.30. The maximum absolute atomic E-state index is 13.0. The van der Waals surface area contributed by atoms with E-state index in [1.165, 1.54) is 11.3 Å². The molecule has 2 N–H and O–H groups in total. The number of carbonyl (C=O) groups excluding carboxylic acids is 1. The molecule has 1 spiro atoms. The molecule has 23 heavy (non-hydrogen) atoms. The van der Waals surface area contributed by atoms with E-state index >= 15 is 0 Å². The van der Waals surface area contributed by atoms with Crippen LogP contribution in [0, 0.1) is 0 Å². The molecule has 1 saturated heterocycles. The second-order valence-electron chi connectivity index (χ2n) is 7.26. The number of aryl methyl sites for hydroxylation is 2. The van der Waals surface area contributed by atoms with Crippen LogP contribution in [0.3, 0.4) is 0 Å². The standard InChI is InChI=1S/C17H21N5O/c23-16(14-12-3-1-4-13(12)19-20-14)22-8-2-6-17(10-22)7-5-11-9-18-21-15(11)17/h9H,1-8,10H2,(H,18,21)(H,19,20). The summed E-state index contributed by atoms with van der Waals surface area (Å²) in [5.41, 5.74) is 5.67. The van der Waals surface area contributed by atoms with Gasteiger partial charge in [-0.05, 0) is 50.5 Å². The van der Waals surface area contributed by atoms with Crippen LogP contribution in [0.15, 0.2) is 6.20 Å². The number of H-pyrrole nitrogens is 2. The maximum Gasteiger partial charge on any atom is 0.274 e. The van der Waals surface area contributed by atoms with Crippen molar-refractivity contribution in [3.8, 4) is 0 Å². The zero-order chi connectivity index (χ0) is 15.4. The summed E-state index contributed by atoms with van der Waals surface area (Å²) < 4.78 is 0. The van der Waals surface area contributed by atoms with E-state index in [2.05, 4.69) is 20.4 Å². The van der Waals surface area contributed by atoms with Gasteiger partial charge in [0, 0.05) is 35.5 Å². The fourth-order valence-electron chi connectivity index (χ4n) is 4.82. The molecule has 0 aromatic carbocycles. The lowest BCUT2D eigenvalue weighted by molar-refractivity contribution is 0.0626. The summed E-state index contributed by atoms with van der Waals surface area (Å²) in [7, 11) is 0. The van der Waals surface area contributed by atoms with Gasteiger partial charge in [-0.3, -0.25) is 15.0 Å². The normalized spacial score (nSPS) is 25.8. The molecule has 3 aliphatic rings. The Labute approximate surface area is 134 Å². The van der Waals surface area contributed by atoms with Gasteiger partial charge in [0.25, 0.3) is 5.91 Å². The van der Waals surface area contributed by atoms with Gasteiger partial charge in [0.15, 0.2) is 5.69 Å². The zero-order valence-corrected chi connectivity index (χ0v) is 13.2. The largest absolute Gasteiger partial charge is 0.336 e. The molecule has 0 bridgehead atoms. The van der Waals surface area contributed by atoms with E-state index in [1.54, 1.807) is 0 Å². The number of nitrogens with one attached hydrogen (secondary N) is 2. The number of carbonyl (C=O) groups is 1. The lowest BCUT2D eigenvalue weighted by Crippen LogP contribution is -2.48. The van der Waals surface area contributed by atoms with Crippen LogP contribution < -0.4 is 0 Å². The van der Waals surface area contributed by atoms with E-state index in [-0.39, 0.29) is 11.3 Å². The third-order valence-electron chi connectivity index (χ3n) is 5.99. The van der Waals surface area contributed by atoms with Gasteiger partial charge >= 0.3 is 0 Å². The van der Waals surface area contributed by atoms with E-state index in [0.717, 1.165) is 69.3 Å². The molecule has 6 nitrogen and oxygen atoms in total. The van der Waals surface area contributed by atoms with Crippen molar-refractivity contribution in [2.24, 2.45) is 0 Å². The highest BCUT2D eigenvalue weighted by atomic mass is 16.2. The predicted octanol–water partition coefficient (Wildman–Crippen LogP) is 1.74. The molecular formula is C17H21N5O. The molecule has 5 rings (SSSR count). The Morgan fingerprint density at radius 1 is 1.17 bits per heavy atom. The van der Waals surface area contributed by atoms with Gasteiger partial charge in [0.1, 0.15) is 0 Å². The van der Waals surface area contributed by atoms with Crippen LogP contribution in [0.1, 0.15) is 58.7 Å². The van der Waals surface area contributed by atoms with Crippen molar-refractivity contribution < 1.29 is 4.79 Å². The smallest absolute Gasteiger partial charge is 0.274 e. The maximum atomic E-state index is 13.0. The minimum atomic E-state index is 0.0826. The minimum Gasteiger partial charge on any atom is -0.336 e. The lowest BCUT2D eigenvalue weighted by atomic mass is 9.77. The Morgan fingerprint density at radius 2 is 2.13 bits per heavy atom. The van der Waals surface area contributed by atoms with E-state index in [0.29, 0.717) is 5.69 Å². The van der Waals surface area contributed by atoms with Crippen molar-refractivity contribution in [2.75, 3.05) is 13.1 Å². The Bertz CT molecular complexity index is 776. The second-order valence-corrected chi connectivity index (χ2v) is 7.26. The number of piperidine rings is 1. The molecule has 6 heteroatoms. The first kappa shape index (κ1) is 13.3. The average molecular weight is 311 g/mol. The van der Waals surface area contributed by atoms with Gasteiger partial charge < -0.3 is 4.90 Å². The van der Waals surface area contributed by atoms with Crippen LogP contribution in [-0.2, 0) is 24.7 Å². The van der Waals surface area contributed by atoms with Gasteiger partial charge in [-0.15, -0.1) is 0 Å². The van der Waals surface area contributed by atoms with E-state index in [1.807, 2.05) is 11.1 Å². The summed E-state index contributed by atoms with van der Waals surface area (Å²) in [5, 5.41) is 14.8. The van der Waals surface area contributed by atoms with Gasteiger partial charge in [0.2, 0.25) is 0 Å². The summed E-state index contributed by atoms with van der Waals surface area (Å²) >= 11 is 0. The highest BCUT2D eigenvalue weighted by molar-refractivity contribution is 5.94. The van der Waals surface area contributed by atoms with Crippen molar-refractivity contribution in [2.45, 2.75) is 50.4 Å². The van der Waals surface area contributed by atoms with E-state index in [9.17, 15) is 4.79 Å². The molecule has 1 amide bonds. The summed E-state index contributed by atoms with van der Waals surface area (Å²) in [6.45, 7) is 1.63. The van der Waals surface area contributed by atoms with Gasteiger partial charge in [-0.25, -0.2) is 0 Å². The number of hydrogen-bond donors (Lipinski definition) is 2. The SMILES string of the molecule is O=C(c1n[nH]c2c1CCC2)N1CCCC2(CCc3cn[nH]c32)C1. The van der Waals surface area contributed by atoms with Gasteiger partial charge in [-0.1, -0.05) is 0 Å². The number of fused-ring (bicyclic) bond motifs is 3. The number of likely N-dealkylation sites (tertiary alicyclic amines) is 1. The van der Waals surface area contributed by atoms with Crippen LogP contribution >= 0.6 is 0 Å². The Kier molecular flexibility index (Phi) is 2.72. The Balaban J connectivity index is 1.44. The number of amides is 1. The Hall–Kier alpha value is -2.11. The monoisotopic (exact) mass is 311 g/mol. The topological polar surface area (TPSA) is 77.7 Å². The van der Waals surface area contributed by atoms with Crippen molar-refractivity contribution in [3.05, 3.63) is 34.4 Å². The minimum absolute atomic E-state index is 0.0826. The summed E-state index contributed by atoms with van der Waals surface area (Å²) in [5.74, 6) is 0.108. The summed E-state index contributed by atoms with van der Waals surface area (Å²) in [6, 6.07) is 0. The van der Waals surface area contributed by atoms with Crippen molar-refractivity contribution in [1.82, 2.24) is 25.3 Å². The van der Waals surface area contributed by atoms with Crippen LogP contribution in [0.4, 0.5) is 0 Å². The van der Waals surface area contributed by atoms with E-state index < -0.39 is 0 Å².